The number of hydrogen-bond donors (Lipinski definition) is 1. The molecule has 0 spiro atoms. The third-order valence-electron chi connectivity index (χ3n) is 5.54. The van der Waals surface area contributed by atoms with Gasteiger partial charge in [0.15, 0.2) is 0 Å². The summed E-state index contributed by atoms with van der Waals surface area (Å²) in [7, 11) is 0. The van der Waals surface area contributed by atoms with Crippen LogP contribution in [0, 0.1) is 11.3 Å². The highest BCUT2D eigenvalue weighted by Crippen LogP contribution is 2.38. The summed E-state index contributed by atoms with van der Waals surface area (Å²) in [5.41, 5.74) is 0.535. The van der Waals surface area contributed by atoms with Crippen LogP contribution in [0.1, 0.15) is 72.6 Å². The summed E-state index contributed by atoms with van der Waals surface area (Å²) >= 11 is 0. The van der Waals surface area contributed by atoms with Crippen molar-refractivity contribution in [3.05, 3.63) is 0 Å². The van der Waals surface area contributed by atoms with E-state index in [0.29, 0.717) is 5.41 Å². The Kier molecular flexibility index (Phi) is 5.92. The third kappa shape index (κ3) is 4.46. The topological polar surface area (TPSA) is 15.3 Å². The van der Waals surface area contributed by atoms with E-state index < -0.39 is 0 Å². The van der Waals surface area contributed by atoms with Gasteiger partial charge in [0.2, 0.25) is 0 Å². The zero-order valence-corrected chi connectivity index (χ0v) is 14.3. The summed E-state index contributed by atoms with van der Waals surface area (Å²) in [6, 6.07) is 1.51. The first-order valence-electron chi connectivity index (χ1n) is 8.99. The molecule has 0 radical (unpaired) electrons. The van der Waals surface area contributed by atoms with Gasteiger partial charge in [0, 0.05) is 12.1 Å². The van der Waals surface area contributed by atoms with Crippen LogP contribution in [0.2, 0.25) is 0 Å². The summed E-state index contributed by atoms with van der Waals surface area (Å²) in [5.74, 6) is 0.929. The molecule has 0 bridgehead atoms. The quantitative estimate of drug-likeness (QED) is 0.835. The second-order valence-electron chi connectivity index (χ2n) is 8.11. The first-order chi connectivity index (χ1) is 9.52. The van der Waals surface area contributed by atoms with Crippen molar-refractivity contribution >= 4 is 0 Å². The Morgan fingerprint density at radius 1 is 1.15 bits per heavy atom. The van der Waals surface area contributed by atoms with E-state index in [1.165, 1.54) is 64.6 Å². The number of hydrogen-bond acceptors (Lipinski definition) is 2. The van der Waals surface area contributed by atoms with Crippen LogP contribution in [0.5, 0.6) is 0 Å². The van der Waals surface area contributed by atoms with Crippen LogP contribution < -0.4 is 5.32 Å². The molecule has 2 heteroatoms. The predicted molar refractivity (Wildman–Crippen MR) is 88.1 cm³/mol. The highest BCUT2D eigenvalue weighted by Gasteiger charge is 2.37. The van der Waals surface area contributed by atoms with Gasteiger partial charge in [-0.2, -0.15) is 0 Å². The van der Waals surface area contributed by atoms with Gasteiger partial charge in [-0.15, -0.1) is 0 Å². The Morgan fingerprint density at radius 2 is 1.95 bits per heavy atom. The molecule has 3 unspecified atom stereocenters. The standard InChI is InChI=1S/C18H36N2/c1-5-11-19-16-8-10-18(3,4)14-17(16)20-12-6-7-15(2)9-13-20/h15-17,19H,5-14H2,1-4H3. The highest BCUT2D eigenvalue weighted by molar-refractivity contribution is 4.95. The summed E-state index contributed by atoms with van der Waals surface area (Å²) in [4.78, 5) is 2.83. The molecule has 0 aromatic rings. The van der Waals surface area contributed by atoms with E-state index in [1.807, 2.05) is 0 Å². The minimum absolute atomic E-state index is 0.535. The lowest BCUT2D eigenvalue weighted by atomic mass is 9.72. The highest BCUT2D eigenvalue weighted by atomic mass is 15.2. The van der Waals surface area contributed by atoms with Gasteiger partial charge in [-0.1, -0.05) is 27.7 Å². The maximum Gasteiger partial charge on any atom is 0.0254 e. The van der Waals surface area contributed by atoms with Gasteiger partial charge in [0.25, 0.3) is 0 Å². The van der Waals surface area contributed by atoms with E-state index in [9.17, 15) is 0 Å². The summed E-state index contributed by atoms with van der Waals surface area (Å²) in [6.07, 6.45) is 9.61. The molecule has 1 aliphatic heterocycles. The van der Waals surface area contributed by atoms with Gasteiger partial charge >= 0.3 is 0 Å². The number of likely N-dealkylation sites (tertiary alicyclic amines) is 1. The second-order valence-corrected chi connectivity index (χ2v) is 8.11. The molecule has 0 aromatic carbocycles. The third-order valence-corrected chi connectivity index (χ3v) is 5.54. The van der Waals surface area contributed by atoms with Gasteiger partial charge in [0.1, 0.15) is 0 Å². The molecular formula is C18H36N2. The SMILES string of the molecule is CCCNC1CCC(C)(C)CC1N1CCCC(C)CC1. The van der Waals surface area contributed by atoms with Crippen molar-refractivity contribution in [1.82, 2.24) is 10.2 Å². The average molecular weight is 280 g/mol. The molecule has 3 atom stereocenters. The van der Waals surface area contributed by atoms with E-state index in [1.54, 1.807) is 0 Å². The minimum atomic E-state index is 0.535. The van der Waals surface area contributed by atoms with Crippen LogP contribution in [0.15, 0.2) is 0 Å². The smallest absolute Gasteiger partial charge is 0.0254 e. The van der Waals surface area contributed by atoms with E-state index in [2.05, 4.69) is 37.9 Å². The van der Waals surface area contributed by atoms with Crippen molar-refractivity contribution in [2.24, 2.45) is 11.3 Å². The normalized spacial score (nSPS) is 35.7. The Balaban J connectivity index is 2.01. The number of rotatable bonds is 4. The van der Waals surface area contributed by atoms with Crippen molar-refractivity contribution in [2.45, 2.75) is 84.7 Å². The Bertz CT molecular complexity index is 287. The molecule has 2 nitrogen and oxygen atoms in total. The maximum atomic E-state index is 3.85. The Hall–Kier alpha value is -0.0800. The van der Waals surface area contributed by atoms with Crippen LogP contribution in [-0.4, -0.2) is 36.6 Å². The maximum absolute atomic E-state index is 3.85. The van der Waals surface area contributed by atoms with E-state index in [0.717, 1.165) is 18.0 Å². The summed E-state index contributed by atoms with van der Waals surface area (Å²) in [6.45, 7) is 13.5. The zero-order chi connectivity index (χ0) is 14.6. The van der Waals surface area contributed by atoms with E-state index >= 15 is 0 Å². The molecule has 0 amide bonds. The van der Waals surface area contributed by atoms with Crippen molar-refractivity contribution in [3.63, 3.8) is 0 Å². The molecule has 1 saturated carbocycles. The van der Waals surface area contributed by atoms with Crippen LogP contribution in [0.4, 0.5) is 0 Å². The fraction of sp³-hybridized carbons (Fsp3) is 1.00. The van der Waals surface area contributed by atoms with Gasteiger partial charge in [-0.3, -0.25) is 4.90 Å². The average Bonchev–Trinajstić information content (AvgIpc) is 2.61. The lowest BCUT2D eigenvalue weighted by Crippen LogP contribution is -2.55. The van der Waals surface area contributed by atoms with Crippen molar-refractivity contribution in [3.8, 4) is 0 Å². The summed E-state index contributed by atoms with van der Waals surface area (Å²) in [5, 5.41) is 3.85. The molecule has 1 saturated heterocycles. The summed E-state index contributed by atoms with van der Waals surface area (Å²) < 4.78 is 0. The number of nitrogens with zero attached hydrogens (tertiary/aromatic N) is 1. The largest absolute Gasteiger partial charge is 0.312 e. The van der Waals surface area contributed by atoms with E-state index in [-0.39, 0.29) is 0 Å². The molecule has 118 valence electrons. The van der Waals surface area contributed by atoms with Crippen LogP contribution in [0.3, 0.4) is 0 Å². The number of nitrogens with one attached hydrogen (secondary N) is 1. The molecular weight excluding hydrogens is 244 g/mol. The van der Waals surface area contributed by atoms with Crippen molar-refractivity contribution in [2.75, 3.05) is 19.6 Å². The van der Waals surface area contributed by atoms with E-state index in [4.69, 9.17) is 0 Å². The van der Waals surface area contributed by atoms with Crippen LogP contribution in [0.25, 0.3) is 0 Å². The second kappa shape index (κ2) is 7.26. The fourth-order valence-corrected chi connectivity index (χ4v) is 4.12. The molecule has 2 rings (SSSR count). The fourth-order valence-electron chi connectivity index (χ4n) is 4.12. The lowest BCUT2D eigenvalue weighted by Gasteiger charge is -2.46. The Labute approximate surface area is 126 Å². The molecule has 1 heterocycles. The molecule has 0 aromatic heterocycles. The first kappa shape index (κ1) is 16.3. The van der Waals surface area contributed by atoms with Gasteiger partial charge in [-0.25, -0.2) is 0 Å². The minimum Gasteiger partial charge on any atom is -0.312 e. The molecule has 1 aliphatic carbocycles. The molecule has 2 aliphatic rings. The first-order valence-corrected chi connectivity index (χ1v) is 8.99. The van der Waals surface area contributed by atoms with Gasteiger partial charge < -0.3 is 5.32 Å². The van der Waals surface area contributed by atoms with Crippen molar-refractivity contribution in [1.29, 1.82) is 0 Å². The molecule has 20 heavy (non-hydrogen) atoms. The lowest BCUT2D eigenvalue weighted by molar-refractivity contribution is 0.0664. The Morgan fingerprint density at radius 3 is 2.70 bits per heavy atom. The monoisotopic (exact) mass is 280 g/mol. The zero-order valence-electron chi connectivity index (χ0n) is 14.3. The van der Waals surface area contributed by atoms with Crippen LogP contribution >= 0.6 is 0 Å². The predicted octanol–water partition coefficient (Wildman–Crippen LogP) is 4.06. The molecule has 1 N–H and O–H groups in total. The van der Waals surface area contributed by atoms with Crippen molar-refractivity contribution < 1.29 is 0 Å². The van der Waals surface area contributed by atoms with Crippen LogP contribution in [-0.2, 0) is 0 Å². The van der Waals surface area contributed by atoms with Gasteiger partial charge in [-0.05, 0) is 75.9 Å². The van der Waals surface area contributed by atoms with Gasteiger partial charge in [0.05, 0.1) is 0 Å². The molecule has 2 fully saturated rings.